The largest absolute Gasteiger partial charge is 0.435 e. The molecule has 0 saturated carbocycles. The molecule has 0 spiro atoms. The lowest BCUT2D eigenvalue weighted by atomic mass is 10.0. The van der Waals surface area contributed by atoms with Gasteiger partial charge in [-0.05, 0) is 48.4 Å². The van der Waals surface area contributed by atoms with Gasteiger partial charge in [-0.2, -0.15) is 8.78 Å². The second-order valence-corrected chi connectivity index (χ2v) is 6.26. The van der Waals surface area contributed by atoms with Crippen LogP contribution in [0.1, 0.15) is 24.9 Å². The van der Waals surface area contributed by atoms with Gasteiger partial charge in [0.1, 0.15) is 5.75 Å². The maximum absolute atomic E-state index is 12.1. The van der Waals surface area contributed by atoms with Crippen LogP contribution in [-0.4, -0.2) is 19.1 Å². The molecule has 2 rings (SSSR count). The van der Waals surface area contributed by atoms with Gasteiger partial charge in [0.2, 0.25) is 5.91 Å². The zero-order chi connectivity index (χ0) is 18.2. The summed E-state index contributed by atoms with van der Waals surface area (Å²) in [4.78, 5) is 12.0. The summed E-state index contributed by atoms with van der Waals surface area (Å²) in [6, 6.07) is 13.8. The second kappa shape index (κ2) is 9.48. The van der Waals surface area contributed by atoms with E-state index in [4.69, 9.17) is 0 Å². The van der Waals surface area contributed by atoms with Crippen LogP contribution in [-0.2, 0) is 4.79 Å². The SMILES string of the molecule is CC[C@H](NCC(=O)Nc1ccc(OC(F)F)cc1)c1ccc(Br)cc1. The Balaban J connectivity index is 1.85. The number of benzene rings is 2. The number of carbonyl (C=O) groups is 1. The van der Waals surface area contributed by atoms with Crippen molar-refractivity contribution in [1.82, 2.24) is 5.32 Å². The molecule has 2 aromatic carbocycles. The third kappa shape index (κ3) is 6.43. The van der Waals surface area contributed by atoms with Gasteiger partial charge in [-0.25, -0.2) is 0 Å². The molecule has 2 N–H and O–H groups in total. The molecule has 0 fully saturated rings. The molecule has 0 heterocycles. The Morgan fingerprint density at radius 3 is 2.32 bits per heavy atom. The van der Waals surface area contributed by atoms with Crippen LogP contribution < -0.4 is 15.4 Å². The second-order valence-electron chi connectivity index (χ2n) is 5.34. The first-order chi connectivity index (χ1) is 12.0. The number of anilines is 1. The number of ether oxygens (including phenoxy) is 1. The summed E-state index contributed by atoms with van der Waals surface area (Å²) in [7, 11) is 0. The maximum atomic E-state index is 12.1. The van der Waals surface area contributed by atoms with Gasteiger partial charge in [0.05, 0.1) is 6.54 Å². The quantitative estimate of drug-likeness (QED) is 0.658. The van der Waals surface area contributed by atoms with Gasteiger partial charge < -0.3 is 15.4 Å². The van der Waals surface area contributed by atoms with Gasteiger partial charge in [0.25, 0.3) is 0 Å². The normalized spacial score (nSPS) is 12.0. The number of nitrogens with one attached hydrogen (secondary N) is 2. The predicted octanol–water partition coefficient (Wildman–Crippen LogP) is 4.73. The molecule has 4 nitrogen and oxygen atoms in total. The topological polar surface area (TPSA) is 50.4 Å². The molecule has 2 aromatic rings. The summed E-state index contributed by atoms with van der Waals surface area (Å²) in [5.41, 5.74) is 1.62. The minimum absolute atomic E-state index is 0.0485. The van der Waals surface area contributed by atoms with E-state index in [0.29, 0.717) is 5.69 Å². The van der Waals surface area contributed by atoms with Gasteiger partial charge in [0.15, 0.2) is 0 Å². The molecule has 25 heavy (non-hydrogen) atoms. The summed E-state index contributed by atoms with van der Waals surface area (Å²) in [5, 5.41) is 5.92. The highest BCUT2D eigenvalue weighted by molar-refractivity contribution is 9.10. The van der Waals surface area contributed by atoms with E-state index in [0.717, 1.165) is 16.5 Å². The molecule has 1 amide bonds. The molecule has 134 valence electrons. The number of hydrogen-bond donors (Lipinski definition) is 2. The monoisotopic (exact) mass is 412 g/mol. The van der Waals surface area contributed by atoms with Gasteiger partial charge in [-0.15, -0.1) is 0 Å². The molecule has 0 aliphatic heterocycles. The van der Waals surface area contributed by atoms with E-state index < -0.39 is 6.61 Å². The summed E-state index contributed by atoms with van der Waals surface area (Å²) in [5.74, 6) is -0.162. The highest BCUT2D eigenvalue weighted by Crippen LogP contribution is 2.20. The van der Waals surface area contributed by atoms with E-state index in [2.05, 4.69) is 31.3 Å². The first kappa shape index (κ1) is 19.3. The molecule has 0 bridgehead atoms. The molecule has 0 aliphatic carbocycles. The first-order valence-corrected chi connectivity index (χ1v) is 8.60. The van der Waals surface area contributed by atoms with Crippen molar-refractivity contribution >= 4 is 27.5 Å². The van der Waals surface area contributed by atoms with Crippen LogP contribution in [0.2, 0.25) is 0 Å². The number of hydrogen-bond acceptors (Lipinski definition) is 3. The molecule has 0 aromatic heterocycles. The average Bonchev–Trinajstić information content (AvgIpc) is 2.58. The first-order valence-electron chi connectivity index (χ1n) is 7.81. The van der Waals surface area contributed by atoms with Crippen LogP contribution in [0, 0.1) is 0 Å². The minimum Gasteiger partial charge on any atom is -0.435 e. The van der Waals surface area contributed by atoms with Crippen molar-refractivity contribution in [1.29, 1.82) is 0 Å². The fourth-order valence-electron chi connectivity index (χ4n) is 2.33. The average molecular weight is 413 g/mol. The van der Waals surface area contributed by atoms with Gasteiger partial charge in [0, 0.05) is 16.2 Å². The van der Waals surface area contributed by atoms with Gasteiger partial charge in [-0.1, -0.05) is 35.0 Å². The Kier molecular flexibility index (Phi) is 7.33. The predicted molar refractivity (Wildman–Crippen MR) is 96.9 cm³/mol. The Morgan fingerprint density at radius 1 is 1.12 bits per heavy atom. The smallest absolute Gasteiger partial charge is 0.387 e. The van der Waals surface area contributed by atoms with Crippen molar-refractivity contribution in [3.8, 4) is 5.75 Å². The van der Waals surface area contributed by atoms with Crippen LogP contribution in [0.5, 0.6) is 5.75 Å². The van der Waals surface area contributed by atoms with E-state index in [-0.39, 0.29) is 24.2 Å². The lowest BCUT2D eigenvalue weighted by molar-refractivity contribution is -0.115. The third-order valence-electron chi connectivity index (χ3n) is 3.55. The third-order valence-corrected chi connectivity index (χ3v) is 4.08. The zero-order valence-electron chi connectivity index (χ0n) is 13.6. The van der Waals surface area contributed by atoms with Crippen molar-refractivity contribution in [2.75, 3.05) is 11.9 Å². The van der Waals surface area contributed by atoms with E-state index in [9.17, 15) is 13.6 Å². The van der Waals surface area contributed by atoms with Crippen molar-refractivity contribution in [2.24, 2.45) is 0 Å². The number of alkyl halides is 2. The molecule has 0 unspecified atom stereocenters. The van der Waals surface area contributed by atoms with Crippen LogP contribution in [0.4, 0.5) is 14.5 Å². The Hall–Kier alpha value is -1.99. The molecule has 0 aliphatic rings. The summed E-state index contributed by atoms with van der Waals surface area (Å²) in [6.07, 6.45) is 0.842. The number of amides is 1. The van der Waals surface area contributed by atoms with Gasteiger partial charge in [-0.3, -0.25) is 4.79 Å². The minimum atomic E-state index is -2.87. The maximum Gasteiger partial charge on any atom is 0.387 e. The van der Waals surface area contributed by atoms with Crippen molar-refractivity contribution in [2.45, 2.75) is 26.0 Å². The fourth-order valence-corrected chi connectivity index (χ4v) is 2.60. The standard InChI is InChI=1S/C18H19BrF2N2O2/c1-2-16(12-3-5-13(19)6-4-12)22-11-17(24)23-14-7-9-15(10-8-14)25-18(20)21/h3-10,16,18,22H,2,11H2,1H3,(H,23,24)/t16-/m0/s1. The Morgan fingerprint density at radius 2 is 1.76 bits per heavy atom. The molecule has 7 heteroatoms. The molecular formula is C18H19BrF2N2O2. The summed E-state index contributed by atoms with van der Waals surface area (Å²) in [6.45, 7) is -0.683. The lowest BCUT2D eigenvalue weighted by Crippen LogP contribution is -2.31. The van der Waals surface area contributed by atoms with Crippen LogP contribution in [0.3, 0.4) is 0 Å². The van der Waals surface area contributed by atoms with Gasteiger partial charge >= 0.3 is 6.61 Å². The van der Waals surface area contributed by atoms with Crippen LogP contribution in [0.25, 0.3) is 0 Å². The van der Waals surface area contributed by atoms with E-state index in [1.165, 1.54) is 24.3 Å². The van der Waals surface area contributed by atoms with Crippen molar-refractivity contribution < 1.29 is 18.3 Å². The molecule has 0 radical (unpaired) electrons. The fraction of sp³-hybridized carbons (Fsp3) is 0.278. The Labute approximate surface area is 153 Å². The summed E-state index contributed by atoms with van der Waals surface area (Å²) < 4.78 is 29.5. The van der Waals surface area contributed by atoms with Crippen LogP contribution >= 0.6 is 15.9 Å². The molecular weight excluding hydrogens is 394 g/mol. The van der Waals surface area contributed by atoms with E-state index >= 15 is 0 Å². The number of carbonyl (C=O) groups excluding carboxylic acids is 1. The highest BCUT2D eigenvalue weighted by Gasteiger charge is 2.11. The highest BCUT2D eigenvalue weighted by atomic mass is 79.9. The molecule has 0 saturated heterocycles. The van der Waals surface area contributed by atoms with Crippen molar-refractivity contribution in [3.05, 3.63) is 58.6 Å². The summed E-state index contributed by atoms with van der Waals surface area (Å²) >= 11 is 3.40. The molecule has 1 atom stereocenters. The Bertz CT molecular complexity index is 678. The van der Waals surface area contributed by atoms with E-state index in [1.54, 1.807) is 0 Å². The number of halogens is 3. The zero-order valence-corrected chi connectivity index (χ0v) is 15.2. The van der Waals surface area contributed by atoms with E-state index in [1.807, 2.05) is 31.2 Å². The number of rotatable bonds is 8. The lowest BCUT2D eigenvalue weighted by Gasteiger charge is -2.17. The van der Waals surface area contributed by atoms with Crippen molar-refractivity contribution in [3.63, 3.8) is 0 Å². The van der Waals surface area contributed by atoms with Crippen LogP contribution in [0.15, 0.2) is 53.0 Å².